The number of aliphatic imine (C=N–C) groups is 1. The number of hydrogen-bond donors (Lipinski definition) is 2. The van der Waals surface area contributed by atoms with E-state index in [0.717, 1.165) is 43.0 Å². The van der Waals surface area contributed by atoms with Crippen LogP contribution in [-0.4, -0.2) is 57.5 Å². The lowest BCUT2D eigenvalue weighted by atomic mass is 9.82. The number of nitrogens with two attached hydrogens (primary N) is 1. The van der Waals surface area contributed by atoms with Crippen LogP contribution in [0.4, 0.5) is 5.69 Å². The quantitative estimate of drug-likeness (QED) is 0.491. The number of nitrogens with one attached hydrogen (secondary N) is 1. The van der Waals surface area contributed by atoms with E-state index in [1.165, 1.54) is 0 Å². The van der Waals surface area contributed by atoms with Gasteiger partial charge in [-0.25, -0.2) is 10.0 Å². The van der Waals surface area contributed by atoms with E-state index >= 15 is 0 Å². The fourth-order valence-corrected chi connectivity index (χ4v) is 5.10. The molecule has 2 heterocycles. The number of anilines is 1. The third kappa shape index (κ3) is 4.83. The Labute approximate surface area is 217 Å². The van der Waals surface area contributed by atoms with Crippen molar-refractivity contribution in [2.24, 2.45) is 10.7 Å². The number of nitrogens with zero attached hydrogens (tertiary/aromatic N) is 3. The Balaban J connectivity index is 1.56. The lowest BCUT2D eigenvalue weighted by molar-refractivity contribution is -0.124. The molecular weight excluding hydrogens is 466 g/mol. The van der Waals surface area contributed by atoms with Crippen LogP contribution in [0.3, 0.4) is 0 Å². The summed E-state index contributed by atoms with van der Waals surface area (Å²) in [4.78, 5) is 18.8. The Kier molecular flexibility index (Phi) is 7.23. The highest BCUT2D eigenvalue weighted by atomic mass is 16.5. The van der Waals surface area contributed by atoms with Gasteiger partial charge in [0, 0.05) is 50.1 Å². The number of piperazine rings is 1. The Hall–Kier alpha value is -3.72. The van der Waals surface area contributed by atoms with E-state index in [2.05, 4.69) is 10.3 Å². The van der Waals surface area contributed by atoms with Gasteiger partial charge in [-0.05, 0) is 17.2 Å². The molecule has 1 atom stereocenters. The van der Waals surface area contributed by atoms with Crippen LogP contribution in [0.5, 0.6) is 11.5 Å². The van der Waals surface area contributed by atoms with Gasteiger partial charge in [-0.1, -0.05) is 60.7 Å². The molecule has 5 rings (SSSR count). The van der Waals surface area contributed by atoms with Crippen molar-refractivity contribution in [1.82, 2.24) is 10.3 Å². The molecule has 2 aliphatic rings. The minimum atomic E-state index is -1.57. The number of benzene rings is 3. The van der Waals surface area contributed by atoms with Crippen molar-refractivity contribution < 1.29 is 14.3 Å². The lowest BCUT2D eigenvalue weighted by Gasteiger charge is -2.42. The number of ketones is 1. The van der Waals surface area contributed by atoms with Gasteiger partial charge in [-0.15, -0.1) is 0 Å². The summed E-state index contributed by atoms with van der Waals surface area (Å²) in [6, 6.07) is 23.8. The zero-order chi connectivity index (χ0) is 25.8. The van der Waals surface area contributed by atoms with Crippen LogP contribution in [0, 0.1) is 0 Å². The number of rotatable bonds is 8. The normalized spacial score (nSPS) is 19.5. The molecule has 0 aliphatic carbocycles. The smallest absolute Gasteiger partial charge is 0.196 e. The first-order chi connectivity index (χ1) is 18.0. The van der Waals surface area contributed by atoms with Crippen LogP contribution in [0.2, 0.25) is 0 Å². The third-order valence-corrected chi connectivity index (χ3v) is 7.15. The molecule has 2 aliphatic heterocycles. The Bertz CT molecular complexity index is 1220. The van der Waals surface area contributed by atoms with Gasteiger partial charge in [0.25, 0.3) is 0 Å². The summed E-state index contributed by atoms with van der Waals surface area (Å²) in [5, 5.41) is 7.53. The Morgan fingerprint density at radius 1 is 0.973 bits per heavy atom. The largest absolute Gasteiger partial charge is 0.493 e. The molecule has 37 heavy (non-hydrogen) atoms. The van der Waals surface area contributed by atoms with Crippen LogP contribution in [-0.2, 0) is 10.5 Å². The third-order valence-electron chi connectivity index (χ3n) is 7.15. The molecule has 1 saturated heterocycles. The maximum Gasteiger partial charge on any atom is 0.196 e. The minimum Gasteiger partial charge on any atom is -0.493 e. The van der Waals surface area contributed by atoms with Crippen molar-refractivity contribution in [3.8, 4) is 11.5 Å². The summed E-state index contributed by atoms with van der Waals surface area (Å²) in [5.74, 6) is 0.747. The van der Waals surface area contributed by atoms with E-state index < -0.39 is 5.66 Å². The van der Waals surface area contributed by atoms with Gasteiger partial charge in [0.1, 0.15) is 6.34 Å². The second-order valence-electron chi connectivity index (χ2n) is 9.28. The summed E-state index contributed by atoms with van der Waals surface area (Å²) >= 11 is 0. The number of Topliss-reactive ketones (excluding diaryl/α,β-unsaturated/α-hetero) is 1. The molecule has 0 bridgehead atoms. The van der Waals surface area contributed by atoms with Gasteiger partial charge in [-0.2, -0.15) is 0 Å². The molecule has 8 nitrogen and oxygen atoms in total. The molecule has 8 heteroatoms. The fraction of sp³-hybridized carbons (Fsp3) is 0.310. The molecule has 0 saturated carbocycles. The highest BCUT2D eigenvalue weighted by Gasteiger charge is 2.43. The molecular formula is C29H33N5O3. The molecule has 1 fully saturated rings. The number of hydrogen-bond acceptors (Lipinski definition) is 8. The zero-order valence-electron chi connectivity index (χ0n) is 21.3. The van der Waals surface area contributed by atoms with Crippen LogP contribution >= 0.6 is 0 Å². The average Bonchev–Trinajstić information content (AvgIpc) is 2.96. The van der Waals surface area contributed by atoms with Crippen molar-refractivity contribution in [3.05, 3.63) is 89.5 Å². The highest BCUT2D eigenvalue weighted by Crippen LogP contribution is 2.43. The van der Waals surface area contributed by atoms with Gasteiger partial charge >= 0.3 is 0 Å². The molecule has 3 aromatic rings. The second kappa shape index (κ2) is 10.7. The summed E-state index contributed by atoms with van der Waals surface area (Å²) in [5.41, 5.74) is 8.83. The second-order valence-corrected chi connectivity index (χ2v) is 9.28. The molecule has 0 amide bonds. The molecule has 3 aromatic carbocycles. The molecule has 192 valence electrons. The molecule has 0 aromatic heterocycles. The van der Waals surface area contributed by atoms with E-state index in [1.807, 2.05) is 71.7 Å². The summed E-state index contributed by atoms with van der Waals surface area (Å²) in [6.45, 7) is 3.32. The van der Waals surface area contributed by atoms with Crippen molar-refractivity contribution >= 4 is 17.8 Å². The maximum atomic E-state index is 14.1. The first-order valence-corrected chi connectivity index (χ1v) is 12.5. The first-order valence-electron chi connectivity index (χ1n) is 12.5. The van der Waals surface area contributed by atoms with Crippen LogP contribution in [0.1, 0.15) is 29.0 Å². The zero-order valence-corrected chi connectivity index (χ0v) is 21.3. The first kappa shape index (κ1) is 25.0. The standard InChI is InChI=1S/C29H33N5O3/c1-36-26-18-24-25(19-27(26)37-2)34(33-15-13-31-14-16-33)20-32-29(24,30)28(35)17-23(21-9-5-3-6-10-21)22-11-7-4-8-12-22/h3-12,18-20,23,31H,13-17,30H2,1-2H3. The van der Waals surface area contributed by atoms with Gasteiger partial charge in [-0.3, -0.25) is 15.5 Å². The van der Waals surface area contributed by atoms with Crippen LogP contribution < -0.4 is 25.5 Å². The molecule has 0 radical (unpaired) electrons. The predicted molar refractivity (Wildman–Crippen MR) is 145 cm³/mol. The average molecular weight is 500 g/mol. The monoisotopic (exact) mass is 499 g/mol. The van der Waals surface area contributed by atoms with Crippen LogP contribution in [0.25, 0.3) is 0 Å². The number of carbonyl (C=O) groups is 1. The highest BCUT2D eigenvalue weighted by molar-refractivity contribution is 5.98. The number of methoxy groups -OCH3 is 2. The van der Waals surface area contributed by atoms with Crippen molar-refractivity contribution in [2.75, 3.05) is 45.4 Å². The molecule has 1 unspecified atom stereocenters. The molecule has 0 spiro atoms. The van der Waals surface area contributed by atoms with Gasteiger partial charge in [0.2, 0.25) is 0 Å². The molecule has 3 N–H and O–H groups in total. The fourth-order valence-electron chi connectivity index (χ4n) is 5.10. The maximum absolute atomic E-state index is 14.1. The summed E-state index contributed by atoms with van der Waals surface area (Å²) in [6.07, 6.45) is 1.88. The van der Waals surface area contributed by atoms with Crippen molar-refractivity contribution in [3.63, 3.8) is 0 Å². The SMILES string of the molecule is COc1cc2c(cc1OC)C(N)(C(=O)CC(c1ccccc1)c1ccccc1)N=CN2N1CCNCC1. The number of hydrazine groups is 1. The minimum absolute atomic E-state index is 0.152. The Morgan fingerprint density at radius 2 is 1.54 bits per heavy atom. The lowest BCUT2D eigenvalue weighted by Crippen LogP contribution is -2.56. The van der Waals surface area contributed by atoms with E-state index in [9.17, 15) is 4.79 Å². The van der Waals surface area contributed by atoms with E-state index in [-0.39, 0.29) is 18.1 Å². The Morgan fingerprint density at radius 3 is 2.11 bits per heavy atom. The number of fused-ring (bicyclic) bond motifs is 1. The van der Waals surface area contributed by atoms with Gasteiger partial charge in [0.15, 0.2) is 22.9 Å². The summed E-state index contributed by atoms with van der Waals surface area (Å²) in [7, 11) is 3.17. The summed E-state index contributed by atoms with van der Waals surface area (Å²) < 4.78 is 11.2. The van der Waals surface area contributed by atoms with E-state index in [1.54, 1.807) is 26.6 Å². The number of ether oxygens (including phenoxy) is 2. The number of carbonyl (C=O) groups excluding carboxylic acids is 1. The van der Waals surface area contributed by atoms with Crippen molar-refractivity contribution in [2.45, 2.75) is 18.0 Å². The van der Waals surface area contributed by atoms with E-state index in [4.69, 9.17) is 20.2 Å². The van der Waals surface area contributed by atoms with E-state index in [0.29, 0.717) is 17.1 Å². The topological polar surface area (TPSA) is 92.4 Å². The van der Waals surface area contributed by atoms with Crippen LogP contribution in [0.15, 0.2) is 77.8 Å². The predicted octanol–water partition coefficient (Wildman–Crippen LogP) is 3.28. The van der Waals surface area contributed by atoms with Crippen molar-refractivity contribution in [1.29, 1.82) is 0 Å². The van der Waals surface area contributed by atoms with Gasteiger partial charge in [0.05, 0.1) is 19.9 Å². The van der Waals surface area contributed by atoms with Gasteiger partial charge < -0.3 is 14.8 Å².